The topological polar surface area (TPSA) is 21.6 Å². The molecule has 3 aromatic rings. The monoisotopic (exact) mass is 395 g/mol. The summed E-state index contributed by atoms with van der Waals surface area (Å²) in [6, 6.07) is 26.3. The maximum absolute atomic E-state index is 13.3. The Morgan fingerprint density at radius 3 is 2.33 bits per heavy atom. The largest absolute Gasteiger partial charge is 0.472 e. The van der Waals surface area contributed by atoms with E-state index >= 15 is 0 Å². The van der Waals surface area contributed by atoms with Crippen molar-refractivity contribution in [2.24, 2.45) is 4.40 Å². The molecule has 3 rings (SSSR count). The van der Waals surface area contributed by atoms with Gasteiger partial charge in [-0.15, -0.1) is 0 Å². The van der Waals surface area contributed by atoms with E-state index < -0.39 is 0 Å². The summed E-state index contributed by atoms with van der Waals surface area (Å²) in [6.07, 6.45) is 1.80. The van der Waals surface area contributed by atoms with E-state index in [-0.39, 0.29) is 5.82 Å². The van der Waals surface area contributed by atoms with Gasteiger partial charge in [0.2, 0.25) is 5.90 Å². The van der Waals surface area contributed by atoms with Crippen molar-refractivity contribution in [2.75, 3.05) is 0 Å². The highest BCUT2D eigenvalue weighted by Gasteiger charge is 2.00. The van der Waals surface area contributed by atoms with Gasteiger partial charge in [-0.3, -0.25) is 0 Å². The predicted molar refractivity (Wildman–Crippen MR) is 112 cm³/mol. The van der Waals surface area contributed by atoms with Crippen molar-refractivity contribution in [3.05, 3.63) is 108 Å². The number of ether oxygens (including phenoxy) is 1. The highest BCUT2D eigenvalue weighted by molar-refractivity contribution is 8.02. The molecule has 0 unspecified atom stereocenters. The summed E-state index contributed by atoms with van der Waals surface area (Å²) in [6.45, 7) is 0.435. The molecule has 0 aliphatic heterocycles. The minimum absolute atomic E-state index is 0.248. The van der Waals surface area contributed by atoms with E-state index in [9.17, 15) is 4.39 Å². The Morgan fingerprint density at radius 2 is 1.59 bits per heavy atom. The number of rotatable bonds is 7. The maximum Gasteiger partial charge on any atom is 0.221 e. The molecule has 0 aromatic heterocycles. The van der Waals surface area contributed by atoms with Gasteiger partial charge in [0.25, 0.3) is 0 Å². The molecule has 2 nitrogen and oxygen atoms in total. The van der Waals surface area contributed by atoms with Crippen LogP contribution in [0.5, 0.6) is 0 Å². The molecule has 0 saturated heterocycles. The third-order valence-corrected chi connectivity index (χ3v) is 4.98. The molecule has 0 spiro atoms. The number of benzene rings is 3. The Labute approximate surface area is 167 Å². The minimum atomic E-state index is -0.248. The fourth-order valence-corrected chi connectivity index (χ4v) is 3.39. The van der Waals surface area contributed by atoms with E-state index in [2.05, 4.69) is 4.40 Å². The second kappa shape index (κ2) is 10.6. The van der Waals surface area contributed by atoms with Crippen LogP contribution >= 0.6 is 23.7 Å². The Balaban J connectivity index is 1.67. The fourth-order valence-electron chi connectivity index (χ4n) is 2.13. The van der Waals surface area contributed by atoms with E-state index in [1.807, 2.05) is 72.1 Å². The fraction of sp³-hybridized carbons (Fsp3) is 0.0455. The van der Waals surface area contributed by atoms with E-state index in [1.54, 1.807) is 12.1 Å². The SMILES string of the molecule is Fc1cccc(S/C=C/C(=NSc2ccccc2)OCc2ccccc2)c1. The molecular weight excluding hydrogens is 377 g/mol. The van der Waals surface area contributed by atoms with Crippen LogP contribution in [-0.4, -0.2) is 5.90 Å². The molecule has 0 radical (unpaired) electrons. The predicted octanol–water partition coefficient (Wildman–Crippen LogP) is 6.75. The number of hydrogen-bond donors (Lipinski definition) is 0. The number of thioether (sulfide) groups is 1. The average molecular weight is 396 g/mol. The molecule has 0 bridgehead atoms. The zero-order chi connectivity index (χ0) is 18.7. The Kier molecular flexibility index (Phi) is 7.56. The number of hydrogen-bond acceptors (Lipinski definition) is 4. The van der Waals surface area contributed by atoms with Crippen LogP contribution in [0.15, 0.2) is 111 Å². The lowest BCUT2D eigenvalue weighted by Gasteiger charge is -2.06. The minimum Gasteiger partial charge on any atom is -0.472 e. The lowest BCUT2D eigenvalue weighted by Crippen LogP contribution is -2.01. The van der Waals surface area contributed by atoms with Crippen LogP contribution in [0.3, 0.4) is 0 Å². The van der Waals surface area contributed by atoms with Crippen LogP contribution in [0.4, 0.5) is 4.39 Å². The van der Waals surface area contributed by atoms with Crippen LogP contribution in [0.1, 0.15) is 5.56 Å². The molecule has 0 aliphatic carbocycles. The Morgan fingerprint density at radius 1 is 0.889 bits per heavy atom. The standard InChI is InChI=1S/C22H18FNOS2/c23-19-10-7-13-21(16-19)26-15-14-22(24-27-20-11-5-2-6-12-20)25-17-18-8-3-1-4-9-18/h1-16H,17H2/b15-14+,24-22?. The second-order valence-corrected chi connectivity index (χ2v) is 7.30. The van der Waals surface area contributed by atoms with Gasteiger partial charge in [-0.05, 0) is 41.3 Å². The summed E-state index contributed by atoms with van der Waals surface area (Å²) >= 11 is 2.77. The molecule has 27 heavy (non-hydrogen) atoms. The van der Waals surface area contributed by atoms with Crippen LogP contribution < -0.4 is 0 Å². The summed E-state index contributed by atoms with van der Waals surface area (Å²) in [4.78, 5) is 1.86. The van der Waals surface area contributed by atoms with Crippen LogP contribution in [0, 0.1) is 5.82 Å². The normalized spacial score (nSPS) is 11.7. The van der Waals surface area contributed by atoms with Gasteiger partial charge in [0.1, 0.15) is 12.4 Å². The van der Waals surface area contributed by atoms with Gasteiger partial charge in [-0.1, -0.05) is 66.4 Å². The molecule has 5 heteroatoms. The zero-order valence-electron chi connectivity index (χ0n) is 14.5. The molecule has 0 aliphatic rings. The quantitative estimate of drug-likeness (QED) is 0.191. The molecule has 0 fully saturated rings. The first-order valence-corrected chi connectivity index (χ1v) is 10.0. The van der Waals surface area contributed by atoms with Crippen molar-refractivity contribution in [1.82, 2.24) is 0 Å². The van der Waals surface area contributed by atoms with E-state index in [0.29, 0.717) is 12.5 Å². The highest BCUT2D eigenvalue weighted by Crippen LogP contribution is 2.22. The summed E-state index contributed by atoms with van der Waals surface area (Å²) in [5.41, 5.74) is 1.07. The van der Waals surface area contributed by atoms with Gasteiger partial charge >= 0.3 is 0 Å². The van der Waals surface area contributed by atoms with Crippen molar-refractivity contribution >= 4 is 29.6 Å². The first-order valence-electron chi connectivity index (χ1n) is 8.35. The summed E-state index contributed by atoms with van der Waals surface area (Å²) in [5.74, 6) is 0.263. The van der Waals surface area contributed by atoms with Gasteiger partial charge in [-0.2, -0.15) is 4.40 Å². The molecule has 0 heterocycles. The van der Waals surface area contributed by atoms with Gasteiger partial charge in [-0.25, -0.2) is 4.39 Å². The van der Waals surface area contributed by atoms with Gasteiger partial charge in [0.15, 0.2) is 0 Å². The third kappa shape index (κ3) is 6.96. The van der Waals surface area contributed by atoms with Crippen molar-refractivity contribution in [3.8, 4) is 0 Å². The second-order valence-electron chi connectivity index (χ2n) is 5.49. The number of halogens is 1. The average Bonchev–Trinajstić information content (AvgIpc) is 2.71. The van der Waals surface area contributed by atoms with E-state index in [0.717, 1.165) is 15.4 Å². The van der Waals surface area contributed by atoms with Crippen molar-refractivity contribution in [3.63, 3.8) is 0 Å². The molecule has 0 amide bonds. The third-order valence-electron chi connectivity index (χ3n) is 3.42. The van der Waals surface area contributed by atoms with Gasteiger partial charge in [0, 0.05) is 27.8 Å². The molecule has 0 N–H and O–H groups in total. The zero-order valence-corrected chi connectivity index (χ0v) is 16.1. The molecule has 0 saturated carbocycles. The van der Waals surface area contributed by atoms with E-state index in [1.165, 1.54) is 35.8 Å². The Hall–Kier alpha value is -2.50. The Bertz CT molecular complexity index is 898. The highest BCUT2D eigenvalue weighted by atomic mass is 32.2. The van der Waals surface area contributed by atoms with Gasteiger partial charge < -0.3 is 4.74 Å². The van der Waals surface area contributed by atoms with Crippen molar-refractivity contribution in [1.29, 1.82) is 0 Å². The molecule has 136 valence electrons. The maximum atomic E-state index is 13.3. The van der Waals surface area contributed by atoms with Crippen LogP contribution in [-0.2, 0) is 11.3 Å². The van der Waals surface area contributed by atoms with E-state index in [4.69, 9.17) is 4.74 Å². The number of nitrogens with zero attached hydrogens (tertiary/aromatic N) is 1. The lowest BCUT2D eigenvalue weighted by atomic mass is 10.2. The van der Waals surface area contributed by atoms with Crippen molar-refractivity contribution in [2.45, 2.75) is 16.4 Å². The summed E-state index contributed by atoms with van der Waals surface area (Å²) in [7, 11) is 0. The molecule has 3 aromatic carbocycles. The van der Waals surface area contributed by atoms with Crippen molar-refractivity contribution < 1.29 is 9.13 Å². The summed E-state index contributed by atoms with van der Waals surface area (Å²) < 4.78 is 23.6. The lowest BCUT2D eigenvalue weighted by molar-refractivity contribution is 0.296. The van der Waals surface area contributed by atoms with Gasteiger partial charge in [0.05, 0.1) is 0 Å². The smallest absolute Gasteiger partial charge is 0.221 e. The van der Waals surface area contributed by atoms with Crippen LogP contribution in [0.2, 0.25) is 0 Å². The van der Waals surface area contributed by atoms with Crippen LogP contribution in [0.25, 0.3) is 0 Å². The molecular formula is C22H18FNOS2. The first-order chi connectivity index (χ1) is 13.3. The first kappa shape index (κ1) is 19.3. The summed E-state index contributed by atoms with van der Waals surface area (Å²) in [5, 5.41) is 1.85. The molecule has 0 atom stereocenters.